The number of benzene rings is 1. The summed E-state index contributed by atoms with van der Waals surface area (Å²) in [5.74, 6) is -1.34. The van der Waals surface area contributed by atoms with E-state index in [1.54, 1.807) is 32.0 Å². The fraction of sp³-hybridized carbons (Fsp3) is 0.385. The van der Waals surface area contributed by atoms with E-state index in [-0.39, 0.29) is 5.91 Å². The summed E-state index contributed by atoms with van der Waals surface area (Å²) < 4.78 is 0. The maximum atomic E-state index is 12.2. The second kappa shape index (κ2) is 5.87. The topological polar surface area (TPSA) is 57.6 Å². The van der Waals surface area contributed by atoms with Crippen LogP contribution in [0.1, 0.15) is 29.3 Å². The van der Waals surface area contributed by atoms with E-state index >= 15 is 0 Å². The summed E-state index contributed by atoms with van der Waals surface area (Å²) in [5, 5.41) is 9.54. The van der Waals surface area contributed by atoms with Crippen molar-refractivity contribution in [1.29, 1.82) is 0 Å². The third kappa shape index (κ3) is 2.82. The molecular weight excluding hydrogens is 254 g/mol. The molecule has 18 heavy (non-hydrogen) atoms. The molecule has 1 rings (SSSR count). The monoisotopic (exact) mass is 269 g/mol. The molecule has 1 aromatic rings. The van der Waals surface area contributed by atoms with Crippen LogP contribution in [0.25, 0.3) is 0 Å². The van der Waals surface area contributed by atoms with E-state index in [0.29, 0.717) is 22.6 Å². The Hall–Kier alpha value is -1.55. The molecule has 0 saturated carbocycles. The van der Waals surface area contributed by atoms with Crippen LogP contribution in [-0.2, 0) is 4.79 Å². The molecule has 98 valence electrons. The van der Waals surface area contributed by atoms with Gasteiger partial charge in [-0.25, -0.2) is 4.79 Å². The number of carbonyl (C=O) groups is 2. The van der Waals surface area contributed by atoms with Gasteiger partial charge < -0.3 is 10.0 Å². The van der Waals surface area contributed by atoms with Crippen molar-refractivity contribution < 1.29 is 14.7 Å². The number of rotatable bonds is 4. The Morgan fingerprint density at radius 1 is 1.44 bits per heavy atom. The second-order valence-corrected chi connectivity index (χ2v) is 4.50. The number of carbonyl (C=O) groups excluding carboxylic acids is 1. The number of carboxylic acids is 1. The number of aliphatic carboxylic acids is 1. The highest BCUT2D eigenvalue weighted by atomic mass is 35.5. The first kappa shape index (κ1) is 14.5. The zero-order valence-electron chi connectivity index (χ0n) is 10.6. The van der Waals surface area contributed by atoms with Gasteiger partial charge in [-0.2, -0.15) is 0 Å². The molecule has 0 radical (unpaired) electrons. The van der Waals surface area contributed by atoms with Crippen molar-refractivity contribution in [2.24, 2.45) is 0 Å². The minimum Gasteiger partial charge on any atom is -0.480 e. The van der Waals surface area contributed by atoms with Gasteiger partial charge in [-0.1, -0.05) is 24.6 Å². The van der Waals surface area contributed by atoms with Crippen LogP contribution in [0.3, 0.4) is 0 Å². The van der Waals surface area contributed by atoms with Crippen LogP contribution in [0.15, 0.2) is 18.2 Å². The molecule has 1 atom stereocenters. The van der Waals surface area contributed by atoms with E-state index in [4.69, 9.17) is 16.7 Å². The second-order valence-electron chi connectivity index (χ2n) is 4.09. The fourth-order valence-electron chi connectivity index (χ4n) is 1.78. The number of hydrogen-bond acceptors (Lipinski definition) is 2. The van der Waals surface area contributed by atoms with E-state index in [9.17, 15) is 9.59 Å². The Morgan fingerprint density at radius 2 is 2.06 bits per heavy atom. The minimum atomic E-state index is -1.01. The number of likely N-dealkylation sites (N-methyl/N-ethyl adjacent to an activating group) is 1. The highest BCUT2D eigenvalue weighted by Gasteiger charge is 2.26. The molecular formula is C13H16ClNO3. The molecule has 0 aliphatic heterocycles. The molecule has 1 aromatic carbocycles. The lowest BCUT2D eigenvalue weighted by atomic mass is 10.1. The fourth-order valence-corrected chi connectivity index (χ4v) is 1.96. The summed E-state index contributed by atoms with van der Waals surface area (Å²) in [4.78, 5) is 24.5. The van der Waals surface area contributed by atoms with Crippen LogP contribution < -0.4 is 0 Å². The number of hydrogen-bond donors (Lipinski definition) is 1. The maximum absolute atomic E-state index is 12.2. The summed E-state index contributed by atoms with van der Waals surface area (Å²) in [5.41, 5.74) is 1.10. The Balaban J connectivity index is 3.07. The van der Waals surface area contributed by atoms with Gasteiger partial charge in [0.2, 0.25) is 0 Å². The SMILES string of the molecule is CCC(C(=O)O)N(C)C(=O)c1cccc(Cl)c1C. The number of halogens is 1. The van der Waals surface area contributed by atoms with Crippen molar-refractivity contribution >= 4 is 23.5 Å². The van der Waals surface area contributed by atoms with E-state index in [0.717, 1.165) is 0 Å². The van der Waals surface area contributed by atoms with Crippen molar-refractivity contribution in [2.75, 3.05) is 7.05 Å². The first-order valence-corrected chi connectivity index (χ1v) is 6.03. The standard InChI is InChI=1S/C13H16ClNO3/c1-4-11(13(17)18)15(3)12(16)9-6-5-7-10(14)8(9)2/h5-7,11H,4H2,1-3H3,(H,17,18). The molecule has 0 aliphatic rings. The number of carboxylic acid groups (broad SMARTS) is 1. The summed E-state index contributed by atoms with van der Waals surface area (Å²) >= 11 is 5.95. The van der Waals surface area contributed by atoms with Gasteiger partial charge in [0.15, 0.2) is 0 Å². The van der Waals surface area contributed by atoms with E-state index in [1.165, 1.54) is 11.9 Å². The van der Waals surface area contributed by atoms with Gasteiger partial charge in [-0.15, -0.1) is 0 Å². The van der Waals surface area contributed by atoms with Gasteiger partial charge in [0.05, 0.1) is 0 Å². The predicted octanol–water partition coefficient (Wildman–Crippen LogP) is 2.58. The highest BCUT2D eigenvalue weighted by molar-refractivity contribution is 6.31. The third-order valence-corrected chi connectivity index (χ3v) is 3.37. The van der Waals surface area contributed by atoms with Gasteiger partial charge >= 0.3 is 5.97 Å². The lowest BCUT2D eigenvalue weighted by Gasteiger charge is -2.24. The molecule has 0 heterocycles. The molecule has 4 nitrogen and oxygen atoms in total. The lowest BCUT2D eigenvalue weighted by molar-refractivity contribution is -0.142. The Labute approximate surface area is 111 Å². The molecule has 1 N–H and O–H groups in total. The van der Waals surface area contributed by atoms with Crippen LogP contribution in [0, 0.1) is 6.92 Å². The van der Waals surface area contributed by atoms with Crippen LogP contribution in [0.2, 0.25) is 5.02 Å². The quantitative estimate of drug-likeness (QED) is 0.914. The number of nitrogens with zero attached hydrogens (tertiary/aromatic N) is 1. The van der Waals surface area contributed by atoms with E-state index in [2.05, 4.69) is 0 Å². The molecule has 5 heteroatoms. The predicted molar refractivity (Wildman–Crippen MR) is 70.0 cm³/mol. The molecule has 1 amide bonds. The molecule has 0 aromatic heterocycles. The van der Waals surface area contributed by atoms with Gasteiger partial charge in [0.25, 0.3) is 5.91 Å². The first-order chi connectivity index (χ1) is 8.40. The van der Waals surface area contributed by atoms with Gasteiger partial charge in [0, 0.05) is 17.6 Å². The van der Waals surface area contributed by atoms with Crippen molar-refractivity contribution in [2.45, 2.75) is 26.3 Å². The molecule has 0 bridgehead atoms. The minimum absolute atomic E-state index is 0.329. The van der Waals surface area contributed by atoms with Crippen LogP contribution in [0.5, 0.6) is 0 Å². The molecule has 0 fully saturated rings. The van der Waals surface area contributed by atoms with Crippen LogP contribution in [0.4, 0.5) is 0 Å². The number of amides is 1. The zero-order valence-corrected chi connectivity index (χ0v) is 11.4. The third-order valence-electron chi connectivity index (χ3n) is 2.96. The normalized spacial score (nSPS) is 12.0. The van der Waals surface area contributed by atoms with Gasteiger partial charge in [0.1, 0.15) is 6.04 Å². The van der Waals surface area contributed by atoms with Crippen molar-refractivity contribution in [3.63, 3.8) is 0 Å². The lowest BCUT2D eigenvalue weighted by Crippen LogP contribution is -2.42. The first-order valence-electron chi connectivity index (χ1n) is 5.65. The van der Waals surface area contributed by atoms with Crippen LogP contribution >= 0.6 is 11.6 Å². The van der Waals surface area contributed by atoms with Gasteiger partial charge in [-0.3, -0.25) is 4.79 Å². The summed E-state index contributed by atoms with van der Waals surface area (Å²) in [7, 11) is 1.49. The summed E-state index contributed by atoms with van der Waals surface area (Å²) in [6.07, 6.45) is 0.358. The van der Waals surface area contributed by atoms with E-state index in [1.807, 2.05) is 0 Å². The molecule has 0 spiro atoms. The smallest absolute Gasteiger partial charge is 0.326 e. The zero-order chi connectivity index (χ0) is 13.9. The van der Waals surface area contributed by atoms with Crippen molar-refractivity contribution in [1.82, 2.24) is 4.90 Å². The Bertz CT molecular complexity index is 473. The average Bonchev–Trinajstić information content (AvgIpc) is 2.32. The van der Waals surface area contributed by atoms with Crippen molar-refractivity contribution in [3.05, 3.63) is 34.3 Å². The molecule has 0 aliphatic carbocycles. The Kier molecular flexibility index (Phi) is 4.73. The average molecular weight is 270 g/mol. The van der Waals surface area contributed by atoms with Crippen molar-refractivity contribution in [3.8, 4) is 0 Å². The molecule has 0 saturated heterocycles. The summed E-state index contributed by atoms with van der Waals surface area (Å²) in [6, 6.07) is 4.20. The van der Waals surface area contributed by atoms with Crippen LogP contribution in [-0.4, -0.2) is 35.0 Å². The van der Waals surface area contributed by atoms with Gasteiger partial charge in [-0.05, 0) is 31.0 Å². The summed E-state index contributed by atoms with van der Waals surface area (Å²) in [6.45, 7) is 3.47. The Morgan fingerprint density at radius 3 is 2.56 bits per heavy atom. The molecule has 1 unspecified atom stereocenters. The largest absolute Gasteiger partial charge is 0.480 e. The maximum Gasteiger partial charge on any atom is 0.326 e. The highest BCUT2D eigenvalue weighted by Crippen LogP contribution is 2.20. The van der Waals surface area contributed by atoms with E-state index < -0.39 is 12.0 Å².